The lowest BCUT2D eigenvalue weighted by Crippen LogP contribution is -2.36. The van der Waals surface area contributed by atoms with E-state index in [-0.39, 0.29) is 23.6 Å². The molecule has 0 radical (unpaired) electrons. The van der Waals surface area contributed by atoms with Crippen LogP contribution in [-0.4, -0.2) is 48.1 Å². The third-order valence-corrected chi connectivity index (χ3v) is 6.49. The van der Waals surface area contributed by atoms with Crippen molar-refractivity contribution in [2.24, 2.45) is 5.16 Å². The highest BCUT2D eigenvalue weighted by atomic mass is 19.1. The molecule has 4 rings (SSSR count). The van der Waals surface area contributed by atoms with E-state index in [1.807, 2.05) is 19.9 Å². The summed E-state index contributed by atoms with van der Waals surface area (Å²) in [6.45, 7) is 5.69. The number of piperidine rings is 1. The van der Waals surface area contributed by atoms with Crippen LogP contribution in [0.2, 0.25) is 0 Å². The van der Waals surface area contributed by atoms with Crippen LogP contribution in [0, 0.1) is 5.82 Å². The summed E-state index contributed by atoms with van der Waals surface area (Å²) < 4.78 is 19.8. The molecule has 0 bridgehead atoms. The van der Waals surface area contributed by atoms with Gasteiger partial charge >= 0.3 is 12.0 Å². The third-order valence-electron chi connectivity index (χ3n) is 6.49. The van der Waals surface area contributed by atoms with E-state index in [2.05, 4.69) is 30.8 Å². The maximum absolute atomic E-state index is 14.4. The van der Waals surface area contributed by atoms with Gasteiger partial charge in [-0.15, -0.1) is 0 Å². The minimum Gasteiger partial charge on any atom is -0.392 e. The van der Waals surface area contributed by atoms with Gasteiger partial charge in [-0.05, 0) is 49.3 Å². The van der Waals surface area contributed by atoms with Crippen molar-refractivity contribution < 1.29 is 18.5 Å². The molecular weight excluding hydrogens is 439 g/mol. The lowest BCUT2D eigenvalue weighted by Gasteiger charge is -2.29. The molecule has 2 aliphatic rings. The first-order chi connectivity index (χ1) is 16.4. The summed E-state index contributed by atoms with van der Waals surface area (Å²) in [5.41, 5.74) is 2.20. The predicted molar refractivity (Wildman–Crippen MR) is 128 cm³/mol. The summed E-state index contributed by atoms with van der Waals surface area (Å²) in [6.07, 6.45) is 5.27. The van der Waals surface area contributed by atoms with E-state index in [0.717, 1.165) is 68.7 Å². The maximum Gasteiger partial charge on any atom is 0.324 e. The maximum atomic E-state index is 14.4. The number of rotatable bonds is 6. The largest absolute Gasteiger partial charge is 0.392 e. The zero-order chi connectivity index (χ0) is 24.1. The molecule has 1 aliphatic heterocycles. The fraction of sp³-hybridized carbons (Fsp3) is 0.583. The molecule has 1 aromatic carbocycles. The second kappa shape index (κ2) is 10.8. The van der Waals surface area contributed by atoms with Gasteiger partial charge in [-0.1, -0.05) is 30.2 Å². The summed E-state index contributed by atoms with van der Waals surface area (Å²) in [7, 11) is 1.49. The van der Waals surface area contributed by atoms with Crippen molar-refractivity contribution in [3.05, 3.63) is 35.4 Å². The van der Waals surface area contributed by atoms with Gasteiger partial charge in [0.1, 0.15) is 11.9 Å². The van der Waals surface area contributed by atoms with Crippen molar-refractivity contribution in [2.75, 3.05) is 30.4 Å². The Kier molecular flexibility index (Phi) is 7.64. The van der Waals surface area contributed by atoms with E-state index in [4.69, 9.17) is 9.36 Å². The fourth-order valence-corrected chi connectivity index (χ4v) is 4.34. The number of aromatic nitrogens is 2. The van der Waals surface area contributed by atoms with Gasteiger partial charge in [0.15, 0.2) is 5.82 Å². The average molecular weight is 473 g/mol. The van der Waals surface area contributed by atoms with Gasteiger partial charge in [0.25, 0.3) is 0 Å². The number of benzene rings is 1. The molecule has 2 N–H and O–H groups in total. The number of hydrogen-bond donors (Lipinski definition) is 2. The minimum absolute atomic E-state index is 0.0865. The normalized spacial score (nSPS) is 19.3. The summed E-state index contributed by atoms with van der Waals surface area (Å²) >= 11 is 0. The number of amides is 2. The Labute approximate surface area is 199 Å². The number of anilines is 2. The standard InChI is InChI=1S/C24H33FN6O3/c1-15(2)22-28-24(34-30-22)31-12-10-19(11-13-31)33-29-18-7-4-16(5-8-18)17-6-9-21(20(25)14-17)27-23(32)26-3/h6,9,14-16,19H,4-5,7-8,10-13H2,1-3H3,(H2,26,27,32). The predicted octanol–water partition coefficient (Wildman–Crippen LogP) is 4.78. The SMILES string of the molecule is CNC(=O)Nc1ccc(C2CCC(=NOC3CCN(c4nc(C(C)C)no4)CC3)CC2)cc1F. The molecule has 1 aliphatic carbocycles. The van der Waals surface area contributed by atoms with Crippen LogP contribution in [0.4, 0.5) is 20.9 Å². The van der Waals surface area contributed by atoms with E-state index in [1.165, 1.54) is 13.1 Å². The number of hydrogen-bond acceptors (Lipinski definition) is 7. The van der Waals surface area contributed by atoms with Gasteiger partial charge in [-0.3, -0.25) is 0 Å². The van der Waals surface area contributed by atoms with E-state index in [1.54, 1.807) is 6.07 Å². The van der Waals surface area contributed by atoms with Crippen LogP contribution >= 0.6 is 0 Å². The van der Waals surface area contributed by atoms with Crippen molar-refractivity contribution >= 4 is 23.4 Å². The molecule has 184 valence electrons. The van der Waals surface area contributed by atoms with Crippen LogP contribution in [0.5, 0.6) is 0 Å². The molecule has 1 aromatic heterocycles. The van der Waals surface area contributed by atoms with Gasteiger partial charge in [0.2, 0.25) is 0 Å². The van der Waals surface area contributed by atoms with Crippen molar-refractivity contribution in [3.63, 3.8) is 0 Å². The quantitative estimate of drug-likeness (QED) is 0.586. The van der Waals surface area contributed by atoms with Crippen LogP contribution in [0.15, 0.2) is 27.9 Å². The zero-order valence-corrected chi connectivity index (χ0v) is 20.0. The first-order valence-electron chi connectivity index (χ1n) is 12.0. The van der Waals surface area contributed by atoms with Gasteiger partial charge in [-0.2, -0.15) is 4.98 Å². The van der Waals surface area contributed by atoms with Crippen LogP contribution < -0.4 is 15.5 Å². The summed E-state index contributed by atoms with van der Waals surface area (Å²) in [5, 5.41) is 13.4. The first kappa shape index (κ1) is 24.0. The van der Waals surface area contributed by atoms with Crippen LogP contribution in [-0.2, 0) is 4.84 Å². The highest BCUT2D eigenvalue weighted by Crippen LogP contribution is 2.33. The van der Waals surface area contributed by atoms with Gasteiger partial charge < -0.3 is 24.9 Å². The molecular formula is C24H33FN6O3. The highest BCUT2D eigenvalue weighted by molar-refractivity contribution is 5.89. The topological polar surface area (TPSA) is 105 Å². The van der Waals surface area contributed by atoms with Gasteiger partial charge in [0, 0.05) is 38.9 Å². The van der Waals surface area contributed by atoms with Crippen molar-refractivity contribution in [2.45, 2.75) is 70.3 Å². The summed E-state index contributed by atoms with van der Waals surface area (Å²) in [4.78, 5) is 23.8. The Morgan fingerprint density at radius 3 is 2.59 bits per heavy atom. The van der Waals surface area contributed by atoms with Crippen molar-refractivity contribution in [3.8, 4) is 0 Å². The Morgan fingerprint density at radius 1 is 1.24 bits per heavy atom. The Balaban J connectivity index is 1.22. The number of carbonyl (C=O) groups is 1. The first-order valence-corrected chi connectivity index (χ1v) is 12.0. The summed E-state index contributed by atoms with van der Waals surface area (Å²) in [6, 6.07) is 5.18. The number of oxime groups is 1. The number of halogens is 1. The average Bonchev–Trinajstić information content (AvgIpc) is 3.35. The Bertz CT molecular complexity index is 1010. The molecule has 2 heterocycles. The van der Waals surface area contributed by atoms with Crippen LogP contribution in [0.25, 0.3) is 0 Å². The Morgan fingerprint density at radius 2 is 1.97 bits per heavy atom. The van der Waals surface area contributed by atoms with Crippen LogP contribution in [0.1, 0.15) is 75.6 Å². The van der Waals surface area contributed by atoms with E-state index in [0.29, 0.717) is 6.01 Å². The number of nitrogens with zero attached hydrogens (tertiary/aromatic N) is 4. The second-order valence-electron chi connectivity index (χ2n) is 9.26. The minimum atomic E-state index is -0.439. The molecule has 1 saturated heterocycles. The molecule has 9 nitrogen and oxygen atoms in total. The lowest BCUT2D eigenvalue weighted by molar-refractivity contribution is 0.0401. The van der Waals surface area contributed by atoms with Crippen LogP contribution in [0.3, 0.4) is 0 Å². The molecule has 10 heteroatoms. The molecule has 0 spiro atoms. The highest BCUT2D eigenvalue weighted by Gasteiger charge is 2.26. The molecule has 1 saturated carbocycles. The van der Waals surface area contributed by atoms with E-state index < -0.39 is 11.8 Å². The van der Waals surface area contributed by atoms with Gasteiger partial charge in [-0.25, -0.2) is 9.18 Å². The van der Waals surface area contributed by atoms with Gasteiger partial charge in [0.05, 0.1) is 11.4 Å². The monoisotopic (exact) mass is 472 g/mol. The fourth-order valence-electron chi connectivity index (χ4n) is 4.34. The molecule has 2 aromatic rings. The number of carbonyl (C=O) groups excluding carboxylic acids is 1. The molecule has 0 atom stereocenters. The van der Waals surface area contributed by atoms with Crippen molar-refractivity contribution in [1.82, 2.24) is 15.5 Å². The molecule has 2 fully saturated rings. The Hall–Kier alpha value is -3.17. The number of nitrogens with one attached hydrogen (secondary N) is 2. The van der Waals surface area contributed by atoms with Crippen molar-refractivity contribution in [1.29, 1.82) is 0 Å². The molecule has 34 heavy (non-hydrogen) atoms. The lowest BCUT2D eigenvalue weighted by atomic mass is 9.83. The summed E-state index contributed by atoms with van der Waals surface area (Å²) in [5.74, 6) is 0.829. The smallest absolute Gasteiger partial charge is 0.324 e. The van der Waals surface area contributed by atoms with E-state index >= 15 is 0 Å². The van der Waals surface area contributed by atoms with E-state index in [9.17, 15) is 9.18 Å². The zero-order valence-electron chi connectivity index (χ0n) is 20.0. The number of urea groups is 1. The molecule has 2 amide bonds. The molecule has 0 unspecified atom stereocenters. The second-order valence-corrected chi connectivity index (χ2v) is 9.26. The third kappa shape index (κ3) is 5.84.